The Morgan fingerprint density at radius 2 is 2.08 bits per heavy atom. The van der Waals surface area contributed by atoms with Crippen molar-refractivity contribution in [3.63, 3.8) is 0 Å². The minimum atomic E-state index is 0.323. The summed E-state index contributed by atoms with van der Waals surface area (Å²) in [7, 11) is 1.98. The zero-order valence-corrected chi connectivity index (χ0v) is 7.20. The van der Waals surface area contributed by atoms with E-state index in [9.17, 15) is 5.11 Å². The molecular formula is C10H11NO. The molecule has 0 aliphatic rings. The number of hydrogen-bond donors (Lipinski definition) is 1. The highest BCUT2D eigenvalue weighted by atomic mass is 16.3. The molecule has 2 rings (SSSR count). The van der Waals surface area contributed by atoms with Gasteiger partial charge >= 0.3 is 0 Å². The molecule has 0 atom stereocenters. The van der Waals surface area contributed by atoms with Crippen molar-refractivity contribution >= 4 is 10.9 Å². The number of rotatable bonds is 0. The first-order chi connectivity index (χ1) is 5.68. The second-order valence-electron chi connectivity index (χ2n) is 3.12. The Bertz CT molecular complexity index is 429. The van der Waals surface area contributed by atoms with Crippen LogP contribution >= 0.6 is 0 Å². The molecule has 1 aromatic heterocycles. The third-order valence-corrected chi connectivity index (χ3v) is 2.17. The summed E-state index contributed by atoms with van der Waals surface area (Å²) in [6, 6.07) is 5.44. The molecule has 2 nitrogen and oxygen atoms in total. The van der Waals surface area contributed by atoms with Gasteiger partial charge in [0.05, 0.1) is 5.52 Å². The Morgan fingerprint density at radius 1 is 1.33 bits per heavy atom. The maximum Gasteiger partial charge on any atom is 0.117 e. The molecule has 0 radical (unpaired) electrons. The van der Waals surface area contributed by atoms with E-state index in [-0.39, 0.29) is 0 Å². The van der Waals surface area contributed by atoms with Gasteiger partial charge in [0.1, 0.15) is 5.75 Å². The number of aromatic nitrogens is 1. The molecule has 0 unspecified atom stereocenters. The van der Waals surface area contributed by atoms with Crippen molar-refractivity contribution in [3.05, 3.63) is 30.0 Å². The first-order valence-electron chi connectivity index (χ1n) is 3.93. The van der Waals surface area contributed by atoms with Gasteiger partial charge in [-0.05, 0) is 24.6 Å². The Balaban J connectivity index is 2.90. The molecule has 2 aromatic rings. The maximum atomic E-state index is 9.25. The maximum absolute atomic E-state index is 9.25. The largest absolute Gasteiger partial charge is 0.508 e. The molecule has 0 bridgehead atoms. The molecule has 1 aromatic carbocycles. The van der Waals surface area contributed by atoms with Crippen LogP contribution in [0.3, 0.4) is 0 Å². The monoisotopic (exact) mass is 161 g/mol. The SMILES string of the molecule is Cc1cn(C)c2cc(O)ccc12. The Morgan fingerprint density at radius 3 is 2.83 bits per heavy atom. The lowest BCUT2D eigenvalue weighted by Gasteiger charge is -1.96. The third-order valence-electron chi connectivity index (χ3n) is 2.17. The van der Waals surface area contributed by atoms with Crippen molar-refractivity contribution in [2.45, 2.75) is 6.92 Å². The molecule has 12 heavy (non-hydrogen) atoms. The summed E-state index contributed by atoms with van der Waals surface area (Å²) in [6.45, 7) is 2.07. The molecule has 1 heterocycles. The molecule has 0 saturated heterocycles. The first kappa shape index (κ1) is 7.22. The van der Waals surface area contributed by atoms with E-state index in [2.05, 4.69) is 13.1 Å². The number of phenols is 1. The van der Waals surface area contributed by atoms with Gasteiger partial charge in [0.15, 0.2) is 0 Å². The van der Waals surface area contributed by atoms with E-state index >= 15 is 0 Å². The zero-order valence-electron chi connectivity index (χ0n) is 7.20. The van der Waals surface area contributed by atoms with Crippen molar-refractivity contribution < 1.29 is 5.11 Å². The van der Waals surface area contributed by atoms with Crippen LogP contribution < -0.4 is 0 Å². The number of nitrogens with zero attached hydrogens (tertiary/aromatic N) is 1. The topological polar surface area (TPSA) is 25.2 Å². The van der Waals surface area contributed by atoms with Gasteiger partial charge < -0.3 is 9.67 Å². The van der Waals surface area contributed by atoms with Gasteiger partial charge in [-0.25, -0.2) is 0 Å². The van der Waals surface area contributed by atoms with Crippen molar-refractivity contribution in [1.29, 1.82) is 0 Å². The minimum Gasteiger partial charge on any atom is -0.508 e. The number of hydrogen-bond acceptors (Lipinski definition) is 1. The minimum absolute atomic E-state index is 0.323. The highest BCUT2D eigenvalue weighted by molar-refractivity contribution is 5.84. The molecule has 0 fully saturated rings. The fourth-order valence-corrected chi connectivity index (χ4v) is 1.57. The predicted molar refractivity (Wildman–Crippen MR) is 49.3 cm³/mol. The summed E-state index contributed by atoms with van der Waals surface area (Å²) < 4.78 is 2.02. The molecule has 62 valence electrons. The standard InChI is InChI=1S/C10H11NO/c1-7-6-11(2)10-5-8(12)3-4-9(7)10/h3-6,12H,1-2H3. The average molecular weight is 161 g/mol. The molecular weight excluding hydrogens is 150 g/mol. The summed E-state index contributed by atoms with van der Waals surface area (Å²) in [6.07, 6.45) is 2.06. The van der Waals surface area contributed by atoms with Gasteiger partial charge in [0.25, 0.3) is 0 Å². The lowest BCUT2D eigenvalue weighted by Crippen LogP contribution is -1.82. The number of aromatic hydroxyl groups is 1. The fourth-order valence-electron chi connectivity index (χ4n) is 1.57. The van der Waals surface area contributed by atoms with Crippen LogP contribution in [0.25, 0.3) is 10.9 Å². The first-order valence-corrected chi connectivity index (χ1v) is 3.93. The van der Waals surface area contributed by atoms with Crippen LogP contribution in [-0.2, 0) is 7.05 Å². The molecule has 0 amide bonds. The van der Waals surface area contributed by atoms with E-state index in [1.54, 1.807) is 12.1 Å². The molecule has 0 aliphatic carbocycles. The Labute approximate surface area is 71.1 Å². The summed E-state index contributed by atoms with van der Waals surface area (Å²) in [5, 5.41) is 10.5. The molecule has 0 aliphatic heterocycles. The van der Waals surface area contributed by atoms with Crippen LogP contribution in [0.2, 0.25) is 0 Å². The average Bonchev–Trinajstić information content (AvgIpc) is 2.28. The van der Waals surface area contributed by atoms with E-state index < -0.39 is 0 Å². The number of phenolic OH excluding ortho intramolecular Hbond substituents is 1. The highest BCUT2D eigenvalue weighted by Gasteiger charge is 2.02. The predicted octanol–water partition coefficient (Wildman–Crippen LogP) is 2.19. The second kappa shape index (κ2) is 2.27. The molecule has 0 spiro atoms. The van der Waals surface area contributed by atoms with Gasteiger partial charge in [0.2, 0.25) is 0 Å². The summed E-state index contributed by atoms with van der Waals surface area (Å²) in [4.78, 5) is 0. The van der Waals surface area contributed by atoms with Crippen molar-refractivity contribution in [2.75, 3.05) is 0 Å². The van der Waals surface area contributed by atoms with Crippen LogP contribution in [-0.4, -0.2) is 9.67 Å². The van der Waals surface area contributed by atoms with Crippen molar-refractivity contribution in [2.24, 2.45) is 7.05 Å². The van der Waals surface area contributed by atoms with Gasteiger partial charge in [-0.1, -0.05) is 0 Å². The van der Waals surface area contributed by atoms with Crippen LogP contribution in [0.4, 0.5) is 0 Å². The second-order valence-corrected chi connectivity index (χ2v) is 3.12. The summed E-state index contributed by atoms with van der Waals surface area (Å²) in [5.74, 6) is 0.323. The number of fused-ring (bicyclic) bond motifs is 1. The van der Waals surface area contributed by atoms with Crippen LogP contribution in [0.5, 0.6) is 5.75 Å². The zero-order chi connectivity index (χ0) is 8.72. The van der Waals surface area contributed by atoms with E-state index in [0.29, 0.717) is 5.75 Å². The third kappa shape index (κ3) is 0.881. The normalized spacial score (nSPS) is 10.8. The van der Waals surface area contributed by atoms with Crippen molar-refractivity contribution in [1.82, 2.24) is 4.57 Å². The Kier molecular flexibility index (Phi) is 1.37. The lowest BCUT2D eigenvalue weighted by atomic mass is 10.2. The highest BCUT2D eigenvalue weighted by Crippen LogP contribution is 2.23. The molecule has 1 N–H and O–H groups in total. The Hall–Kier alpha value is -1.44. The number of aryl methyl sites for hydroxylation is 2. The van der Waals surface area contributed by atoms with Crippen LogP contribution in [0.1, 0.15) is 5.56 Å². The smallest absolute Gasteiger partial charge is 0.117 e. The number of benzene rings is 1. The van der Waals surface area contributed by atoms with Crippen LogP contribution in [0.15, 0.2) is 24.4 Å². The molecule has 2 heteroatoms. The van der Waals surface area contributed by atoms with E-state index in [1.807, 2.05) is 17.7 Å². The summed E-state index contributed by atoms with van der Waals surface area (Å²) in [5.41, 5.74) is 2.32. The molecule has 0 saturated carbocycles. The van der Waals surface area contributed by atoms with E-state index in [0.717, 1.165) is 5.52 Å². The van der Waals surface area contributed by atoms with Crippen LogP contribution in [0, 0.1) is 6.92 Å². The van der Waals surface area contributed by atoms with Gasteiger partial charge in [-0.3, -0.25) is 0 Å². The van der Waals surface area contributed by atoms with Gasteiger partial charge in [-0.15, -0.1) is 0 Å². The van der Waals surface area contributed by atoms with E-state index in [4.69, 9.17) is 0 Å². The lowest BCUT2D eigenvalue weighted by molar-refractivity contribution is 0.476. The fraction of sp³-hybridized carbons (Fsp3) is 0.200. The van der Waals surface area contributed by atoms with E-state index in [1.165, 1.54) is 10.9 Å². The van der Waals surface area contributed by atoms with Crippen molar-refractivity contribution in [3.8, 4) is 5.75 Å². The quantitative estimate of drug-likeness (QED) is 0.629. The summed E-state index contributed by atoms with van der Waals surface area (Å²) >= 11 is 0. The van der Waals surface area contributed by atoms with Gasteiger partial charge in [0, 0.05) is 24.7 Å². The van der Waals surface area contributed by atoms with Gasteiger partial charge in [-0.2, -0.15) is 0 Å².